The molecule has 2 aromatic carbocycles. The largest absolute Gasteiger partial charge is 0.505 e. The quantitative estimate of drug-likeness (QED) is 0.275. The lowest BCUT2D eigenvalue weighted by Gasteiger charge is -2.19. The first-order valence-corrected chi connectivity index (χ1v) is 10.1. The lowest BCUT2D eigenvalue weighted by atomic mass is 9.89. The monoisotopic (exact) mass is 512 g/mol. The van der Waals surface area contributed by atoms with Crippen molar-refractivity contribution < 1.29 is 29.3 Å². The molecule has 0 saturated heterocycles. The Morgan fingerprint density at radius 2 is 1.53 bits per heavy atom. The molecule has 0 amide bonds. The summed E-state index contributed by atoms with van der Waals surface area (Å²) in [5.41, 5.74) is -1.12. The minimum absolute atomic E-state index is 0.0527. The van der Waals surface area contributed by atoms with Crippen molar-refractivity contribution in [2.75, 3.05) is 0 Å². The first-order chi connectivity index (χ1) is 15.0. The van der Waals surface area contributed by atoms with E-state index < -0.39 is 23.1 Å². The Labute approximate surface area is 198 Å². The van der Waals surface area contributed by atoms with Crippen molar-refractivity contribution in [3.63, 3.8) is 0 Å². The van der Waals surface area contributed by atoms with E-state index in [1.54, 1.807) is 0 Å². The predicted octanol–water partition coefficient (Wildman–Crippen LogP) is 6.28. The predicted molar refractivity (Wildman–Crippen MR) is 120 cm³/mol. The number of benzene rings is 3. The number of phenols is 1. The number of halogens is 4. The summed E-state index contributed by atoms with van der Waals surface area (Å²) >= 11 is 24.5. The van der Waals surface area contributed by atoms with Crippen LogP contribution in [-0.4, -0.2) is 27.3 Å². The Bertz CT molecular complexity index is 1510. The fourth-order valence-corrected chi connectivity index (χ4v) is 4.34. The molecule has 0 fully saturated rings. The second kappa shape index (κ2) is 7.86. The Hall–Kier alpha value is -2.97. The number of aromatic hydroxyl groups is 1. The number of phenolic OH excluding ortho intramolecular Hbond substituents is 1. The molecule has 32 heavy (non-hydrogen) atoms. The molecule has 7 nitrogen and oxygen atoms in total. The van der Waals surface area contributed by atoms with Gasteiger partial charge in [0.05, 0.1) is 21.2 Å². The third-order valence-corrected chi connectivity index (χ3v) is 6.05. The summed E-state index contributed by atoms with van der Waals surface area (Å²) in [6.07, 6.45) is 0. The molecular formula is C21H8Cl4O7. The van der Waals surface area contributed by atoms with E-state index in [-0.39, 0.29) is 64.6 Å². The highest BCUT2D eigenvalue weighted by Gasteiger charge is 2.28. The summed E-state index contributed by atoms with van der Waals surface area (Å²) in [6.45, 7) is 0. The number of carbonyl (C=O) groups is 2. The lowest BCUT2D eigenvalue weighted by molar-refractivity contribution is 0.0696. The smallest absolute Gasteiger partial charge is 0.336 e. The van der Waals surface area contributed by atoms with Crippen LogP contribution in [0.25, 0.3) is 33.4 Å². The fourth-order valence-electron chi connectivity index (χ4n) is 3.36. The van der Waals surface area contributed by atoms with Gasteiger partial charge in [-0.3, -0.25) is 4.79 Å². The third kappa shape index (κ3) is 3.34. The summed E-state index contributed by atoms with van der Waals surface area (Å²) in [4.78, 5) is 35.6. The van der Waals surface area contributed by atoms with Crippen LogP contribution >= 0.6 is 46.4 Å². The fraction of sp³-hybridized carbons (Fsp3) is 0. The van der Waals surface area contributed by atoms with Gasteiger partial charge in [0, 0.05) is 16.5 Å². The van der Waals surface area contributed by atoms with Crippen LogP contribution in [0.3, 0.4) is 0 Å². The Morgan fingerprint density at radius 1 is 0.844 bits per heavy atom. The first-order valence-electron chi connectivity index (χ1n) is 8.59. The van der Waals surface area contributed by atoms with Gasteiger partial charge in [0.15, 0.2) is 17.1 Å². The molecule has 1 aliphatic heterocycles. The van der Waals surface area contributed by atoms with Crippen molar-refractivity contribution in [1.29, 1.82) is 0 Å². The molecule has 2 aromatic rings. The zero-order valence-corrected chi connectivity index (χ0v) is 18.4. The number of fused-ring (bicyclic) bond motifs is 2. The van der Waals surface area contributed by atoms with Gasteiger partial charge in [0.2, 0.25) is 5.43 Å². The SMILES string of the molecule is O=C(O)c1ccc(-c2c3cc(Cl)c(=O)c(Cl)c-3oc3c(Cl)c(O)c(Cl)cc23)c(C(=O)O)c1. The standard InChI is InChI=1S/C21H8Cl4O7/c22-11-4-9-13(7-2-1-6(20(28)29)3-8(7)21(30)31)10-5-12(23)17(27)15(25)19(10)32-18(9)14(24)16(11)26/h1-5,26H,(H,28,29)(H,30,31). The van der Waals surface area contributed by atoms with Crippen LogP contribution in [0.4, 0.5) is 0 Å². The zero-order chi connectivity index (χ0) is 23.5. The highest BCUT2D eigenvalue weighted by Crippen LogP contribution is 2.49. The Morgan fingerprint density at radius 3 is 2.16 bits per heavy atom. The first kappa shape index (κ1) is 22.2. The van der Waals surface area contributed by atoms with Crippen LogP contribution in [-0.2, 0) is 0 Å². The van der Waals surface area contributed by atoms with E-state index in [2.05, 4.69) is 0 Å². The highest BCUT2D eigenvalue weighted by molar-refractivity contribution is 6.41. The van der Waals surface area contributed by atoms with Gasteiger partial charge in [-0.25, -0.2) is 9.59 Å². The van der Waals surface area contributed by atoms with Crippen LogP contribution in [0.2, 0.25) is 20.1 Å². The molecule has 0 bridgehead atoms. The molecule has 0 unspecified atom stereocenters. The van der Waals surface area contributed by atoms with Crippen molar-refractivity contribution in [2.24, 2.45) is 0 Å². The van der Waals surface area contributed by atoms with Gasteiger partial charge in [-0.15, -0.1) is 0 Å². The lowest BCUT2D eigenvalue weighted by Crippen LogP contribution is -2.08. The molecule has 0 aromatic heterocycles. The Balaban J connectivity index is 2.30. The second-order valence-electron chi connectivity index (χ2n) is 6.62. The van der Waals surface area contributed by atoms with Gasteiger partial charge in [-0.2, -0.15) is 0 Å². The maximum Gasteiger partial charge on any atom is 0.336 e. The van der Waals surface area contributed by atoms with Crippen LogP contribution in [0, 0.1) is 0 Å². The van der Waals surface area contributed by atoms with E-state index in [4.69, 9.17) is 50.8 Å². The maximum absolute atomic E-state index is 12.3. The maximum atomic E-state index is 12.3. The number of rotatable bonds is 3. The van der Waals surface area contributed by atoms with E-state index in [1.807, 2.05) is 0 Å². The summed E-state index contributed by atoms with van der Waals surface area (Å²) in [6, 6.07) is 6.01. The van der Waals surface area contributed by atoms with Gasteiger partial charge in [0.25, 0.3) is 0 Å². The molecule has 4 rings (SSSR count). The average molecular weight is 514 g/mol. The summed E-state index contributed by atoms with van der Waals surface area (Å²) in [5, 5.41) is 28.3. The highest BCUT2D eigenvalue weighted by atomic mass is 35.5. The second-order valence-corrected chi connectivity index (χ2v) is 8.19. The zero-order valence-electron chi connectivity index (χ0n) is 15.4. The molecule has 0 spiro atoms. The van der Waals surface area contributed by atoms with Gasteiger partial charge in [0.1, 0.15) is 10.0 Å². The molecule has 11 heteroatoms. The van der Waals surface area contributed by atoms with Crippen LogP contribution in [0.1, 0.15) is 20.7 Å². The molecule has 3 N–H and O–H groups in total. The topological polar surface area (TPSA) is 125 Å². The van der Waals surface area contributed by atoms with Crippen molar-refractivity contribution in [3.8, 4) is 28.2 Å². The van der Waals surface area contributed by atoms with Crippen molar-refractivity contribution in [3.05, 3.63) is 71.8 Å². The van der Waals surface area contributed by atoms with Crippen molar-refractivity contribution >= 4 is 69.3 Å². The van der Waals surface area contributed by atoms with E-state index in [0.717, 1.165) is 6.07 Å². The summed E-state index contributed by atoms with van der Waals surface area (Å²) < 4.78 is 5.72. The van der Waals surface area contributed by atoms with E-state index in [0.29, 0.717) is 0 Å². The molecule has 1 aliphatic carbocycles. The summed E-state index contributed by atoms with van der Waals surface area (Å²) in [7, 11) is 0. The number of aromatic carboxylic acids is 2. The molecule has 0 atom stereocenters. The van der Waals surface area contributed by atoms with Crippen LogP contribution in [0.15, 0.2) is 39.5 Å². The number of hydrogen-bond acceptors (Lipinski definition) is 5. The molecule has 1 heterocycles. The minimum Gasteiger partial charge on any atom is -0.505 e. The van der Waals surface area contributed by atoms with Crippen molar-refractivity contribution in [2.45, 2.75) is 0 Å². The van der Waals surface area contributed by atoms with Crippen LogP contribution < -0.4 is 5.43 Å². The van der Waals surface area contributed by atoms with Gasteiger partial charge in [-0.1, -0.05) is 52.5 Å². The number of carboxylic acid groups (broad SMARTS) is 2. The van der Waals surface area contributed by atoms with Gasteiger partial charge >= 0.3 is 11.9 Å². The molecular weight excluding hydrogens is 506 g/mol. The molecule has 162 valence electrons. The van der Waals surface area contributed by atoms with E-state index in [1.165, 1.54) is 24.3 Å². The minimum atomic E-state index is -1.42. The van der Waals surface area contributed by atoms with Crippen LogP contribution in [0.5, 0.6) is 5.75 Å². The normalized spacial score (nSPS) is 11.2. The molecule has 0 saturated carbocycles. The van der Waals surface area contributed by atoms with E-state index >= 15 is 0 Å². The van der Waals surface area contributed by atoms with E-state index in [9.17, 15) is 29.7 Å². The third-order valence-electron chi connectivity index (χ3n) is 4.79. The molecule has 2 aliphatic rings. The Kier molecular flexibility index (Phi) is 5.46. The summed E-state index contributed by atoms with van der Waals surface area (Å²) in [5.74, 6) is -3.40. The molecule has 0 radical (unpaired) electrons. The number of carboxylic acids is 2. The van der Waals surface area contributed by atoms with Gasteiger partial charge < -0.3 is 19.7 Å². The van der Waals surface area contributed by atoms with Crippen molar-refractivity contribution in [1.82, 2.24) is 0 Å². The average Bonchev–Trinajstić information content (AvgIpc) is 2.75. The number of hydrogen-bond donors (Lipinski definition) is 3. The van der Waals surface area contributed by atoms with Gasteiger partial charge in [-0.05, 0) is 29.8 Å².